The van der Waals surface area contributed by atoms with Crippen LogP contribution in [0.4, 0.5) is 0 Å². The largest absolute Gasteiger partial charge is 0.323 e. The Morgan fingerprint density at radius 2 is 2.17 bits per heavy atom. The second-order valence-corrected chi connectivity index (χ2v) is 5.37. The molecule has 68 valence electrons. The first kappa shape index (κ1) is 9.75. The molecule has 0 bridgehead atoms. The number of nitrogens with two attached hydrogens (primary N) is 1. The minimum atomic E-state index is 0.213. The zero-order valence-electron chi connectivity index (χ0n) is 8.00. The van der Waals surface area contributed by atoms with Crippen LogP contribution in [0.1, 0.15) is 38.1 Å². The molecule has 1 aromatic rings. The number of thiophene rings is 1. The van der Waals surface area contributed by atoms with Gasteiger partial charge in [0.15, 0.2) is 0 Å². The summed E-state index contributed by atoms with van der Waals surface area (Å²) in [6.07, 6.45) is 1.05. The molecule has 0 aromatic carbocycles. The van der Waals surface area contributed by atoms with E-state index in [1.165, 1.54) is 4.88 Å². The van der Waals surface area contributed by atoms with Gasteiger partial charge in [-0.3, -0.25) is 0 Å². The van der Waals surface area contributed by atoms with Crippen LogP contribution in [0.25, 0.3) is 0 Å². The van der Waals surface area contributed by atoms with Gasteiger partial charge in [-0.15, -0.1) is 11.3 Å². The summed E-state index contributed by atoms with van der Waals surface area (Å²) in [6.45, 7) is 6.67. The third kappa shape index (κ3) is 2.95. The van der Waals surface area contributed by atoms with E-state index in [-0.39, 0.29) is 6.04 Å². The molecule has 1 unspecified atom stereocenters. The highest BCUT2D eigenvalue weighted by atomic mass is 32.1. The van der Waals surface area contributed by atoms with Crippen molar-refractivity contribution in [3.8, 4) is 0 Å². The van der Waals surface area contributed by atoms with Gasteiger partial charge in [-0.2, -0.15) is 0 Å². The van der Waals surface area contributed by atoms with Crippen LogP contribution >= 0.6 is 11.3 Å². The Balaban J connectivity index is 2.56. The predicted octanol–water partition coefficient (Wildman–Crippen LogP) is 3.18. The van der Waals surface area contributed by atoms with Crippen molar-refractivity contribution in [1.82, 2.24) is 0 Å². The summed E-state index contributed by atoms with van der Waals surface area (Å²) in [5.41, 5.74) is 6.36. The molecule has 0 saturated heterocycles. The minimum Gasteiger partial charge on any atom is -0.323 e. The molecule has 0 amide bonds. The molecule has 0 aliphatic rings. The summed E-state index contributed by atoms with van der Waals surface area (Å²) >= 11 is 1.75. The van der Waals surface area contributed by atoms with E-state index in [1.54, 1.807) is 11.3 Å². The Labute approximate surface area is 78.6 Å². The average Bonchev–Trinajstić information content (AvgIpc) is 2.32. The van der Waals surface area contributed by atoms with E-state index in [9.17, 15) is 0 Å². The fraction of sp³-hybridized carbons (Fsp3) is 0.600. The lowest BCUT2D eigenvalue weighted by atomic mass is 9.88. The van der Waals surface area contributed by atoms with Crippen LogP contribution in [-0.4, -0.2) is 0 Å². The quantitative estimate of drug-likeness (QED) is 0.748. The molecule has 1 heterocycles. The highest BCUT2D eigenvalue weighted by molar-refractivity contribution is 7.10. The number of rotatable bonds is 2. The molecule has 0 fully saturated rings. The maximum absolute atomic E-state index is 6.04. The summed E-state index contributed by atoms with van der Waals surface area (Å²) in [7, 11) is 0. The second kappa shape index (κ2) is 3.58. The van der Waals surface area contributed by atoms with E-state index in [0.29, 0.717) is 5.41 Å². The Morgan fingerprint density at radius 3 is 2.58 bits per heavy atom. The van der Waals surface area contributed by atoms with Crippen LogP contribution in [0.3, 0.4) is 0 Å². The molecule has 0 aliphatic carbocycles. The maximum Gasteiger partial charge on any atom is 0.0394 e. The predicted molar refractivity (Wildman–Crippen MR) is 55.3 cm³/mol. The monoisotopic (exact) mass is 183 g/mol. The summed E-state index contributed by atoms with van der Waals surface area (Å²) < 4.78 is 0. The topological polar surface area (TPSA) is 26.0 Å². The van der Waals surface area contributed by atoms with E-state index >= 15 is 0 Å². The lowest BCUT2D eigenvalue weighted by molar-refractivity contribution is 0.345. The molecule has 1 nitrogen and oxygen atoms in total. The summed E-state index contributed by atoms with van der Waals surface area (Å²) in [6, 6.07) is 4.38. The summed E-state index contributed by atoms with van der Waals surface area (Å²) in [5.74, 6) is 0. The summed E-state index contributed by atoms with van der Waals surface area (Å²) in [5, 5.41) is 2.08. The SMILES string of the molecule is CC(C)(C)CC(N)c1cccs1. The first-order valence-electron chi connectivity index (χ1n) is 4.28. The van der Waals surface area contributed by atoms with Crippen molar-refractivity contribution < 1.29 is 0 Å². The standard InChI is InChI=1S/C10H17NS/c1-10(2,3)7-8(11)9-5-4-6-12-9/h4-6,8H,7,11H2,1-3H3. The van der Waals surface area contributed by atoms with Crippen molar-refractivity contribution in [3.05, 3.63) is 22.4 Å². The van der Waals surface area contributed by atoms with Crippen molar-refractivity contribution in [2.45, 2.75) is 33.2 Å². The molecule has 1 atom stereocenters. The van der Waals surface area contributed by atoms with Crippen molar-refractivity contribution in [1.29, 1.82) is 0 Å². The van der Waals surface area contributed by atoms with Gasteiger partial charge >= 0.3 is 0 Å². The molecule has 12 heavy (non-hydrogen) atoms. The molecule has 0 radical (unpaired) electrons. The Bertz CT molecular complexity index is 220. The fourth-order valence-electron chi connectivity index (χ4n) is 1.26. The van der Waals surface area contributed by atoms with Gasteiger partial charge < -0.3 is 5.73 Å². The fourth-order valence-corrected chi connectivity index (χ4v) is 1.99. The van der Waals surface area contributed by atoms with E-state index < -0.39 is 0 Å². The second-order valence-electron chi connectivity index (χ2n) is 4.39. The van der Waals surface area contributed by atoms with Crippen LogP contribution in [-0.2, 0) is 0 Å². The molecule has 0 saturated carbocycles. The van der Waals surface area contributed by atoms with E-state index in [0.717, 1.165) is 6.42 Å². The zero-order chi connectivity index (χ0) is 9.19. The van der Waals surface area contributed by atoms with Gasteiger partial charge in [0, 0.05) is 10.9 Å². The van der Waals surface area contributed by atoms with Gasteiger partial charge in [-0.25, -0.2) is 0 Å². The first-order valence-corrected chi connectivity index (χ1v) is 5.16. The Hall–Kier alpha value is -0.340. The van der Waals surface area contributed by atoms with Crippen molar-refractivity contribution in [3.63, 3.8) is 0 Å². The van der Waals surface area contributed by atoms with Crippen LogP contribution in [0, 0.1) is 5.41 Å². The molecular weight excluding hydrogens is 166 g/mol. The van der Waals surface area contributed by atoms with Gasteiger partial charge in [0.05, 0.1) is 0 Å². The molecule has 2 heteroatoms. The van der Waals surface area contributed by atoms with E-state index in [4.69, 9.17) is 5.73 Å². The maximum atomic E-state index is 6.04. The van der Waals surface area contributed by atoms with Crippen molar-refractivity contribution in [2.24, 2.45) is 11.1 Å². The van der Waals surface area contributed by atoms with Gasteiger partial charge in [-0.05, 0) is 23.3 Å². The van der Waals surface area contributed by atoms with E-state index in [2.05, 4.69) is 38.3 Å². The molecule has 1 rings (SSSR count). The van der Waals surface area contributed by atoms with Gasteiger partial charge in [0.2, 0.25) is 0 Å². The summed E-state index contributed by atoms with van der Waals surface area (Å²) in [4.78, 5) is 1.30. The lowest BCUT2D eigenvalue weighted by Gasteiger charge is -2.22. The van der Waals surface area contributed by atoms with Gasteiger partial charge in [0.1, 0.15) is 0 Å². The zero-order valence-corrected chi connectivity index (χ0v) is 8.82. The van der Waals surface area contributed by atoms with Crippen LogP contribution in [0.15, 0.2) is 17.5 Å². The van der Waals surface area contributed by atoms with Crippen molar-refractivity contribution >= 4 is 11.3 Å². The first-order chi connectivity index (χ1) is 5.49. The number of hydrogen-bond donors (Lipinski definition) is 1. The third-order valence-electron chi connectivity index (χ3n) is 1.74. The molecule has 1 aromatic heterocycles. The van der Waals surface area contributed by atoms with E-state index in [1.807, 2.05) is 0 Å². The third-order valence-corrected chi connectivity index (χ3v) is 2.75. The highest BCUT2D eigenvalue weighted by Gasteiger charge is 2.17. The molecular formula is C10H17NS. The van der Waals surface area contributed by atoms with Crippen molar-refractivity contribution in [2.75, 3.05) is 0 Å². The van der Waals surface area contributed by atoms with Gasteiger partial charge in [-0.1, -0.05) is 26.8 Å². The normalized spacial score (nSPS) is 14.7. The average molecular weight is 183 g/mol. The molecule has 0 aliphatic heterocycles. The van der Waals surface area contributed by atoms with Crippen LogP contribution in [0.5, 0.6) is 0 Å². The van der Waals surface area contributed by atoms with Crippen LogP contribution in [0.2, 0.25) is 0 Å². The lowest BCUT2D eigenvalue weighted by Crippen LogP contribution is -2.17. The minimum absolute atomic E-state index is 0.213. The molecule has 0 spiro atoms. The van der Waals surface area contributed by atoms with Crippen LogP contribution < -0.4 is 5.73 Å². The highest BCUT2D eigenvalue weighted by Crippen LogP contribution is 2.29. The van der Waals surface area contributed by atoms with Gasteiger partial charge in [0.25, 0.3) is 0 Å². The smallest absolute Gasteiger partial charge is 0.0394 e. The Kier molecular flexibility index (Phi) is 2.91. The number of hydrogen-bond acceptors (Lipinski definition) is 2. The Morgan fingerprint density at radius 1 is 1.50 bits per heavy atom. The molecule has 2 N–H and O–H groups in total.